The molecule has 1 aliphatic heterocycles. The van der Waals surface area contributed by atoms with Crippen molar-refractivity contribution in [2.45, 2.75) is 32.0 Å². The lowest BCUT2D eigenvalue weighted by Gasteiger charge is -2.24. The molecular weight excluding hydrogens is 248 g/mol. The van der Waals surface area contributed by atoms with E-state index in [2.05, 4.69) is 0 Å². The third-order valence-electron chi connectivity index (χ3n) is 3.41. The van der Waals surface area contributed by atoms with Crippen molar-refractivity contribution in [2.75, 3.05) is 0 Å². The highest BCUT2D eigenvalue weighted by atomic mass is 16.5. The fraction of sp³-hybridized carbons (Fsp3) is 0.357. The quantitative estimate of drug-likeness (QED) is 0.762. The SMILES string of the molecule is CC(C)(O)C1Cc2c(cc3oc(=O)ccc3c2O)O1. The summed E-state index contributed by atoms with van der Waals surface area (Å²) in [4.78, 5) is 11.2. The molecule has 0 radical (unpaired) electrons. The third kappa shape index (κ3) is 1.86. The summed E-state index contributed by atoms with van der Waals surface area (Å²) in [5, 5.41) is 20.7. The van der Waals surface area contributed by atoms with Gasteiger partial charge < -0.3 is 19.4 Å². The van der Waals surface area contributed by atoms with Gasteiger partial charge in [-0.3, -0.25) is 0 Å². The first kappa shape index (κ1) is 12.0. The molecule has 1 unspecified atom stereocenters. The Morgan fingerprint density at radius 3 is 2.79 bits per heavy atom. The predicted octanol–water partition coefficient (Wildman–Crippen LogP) is 1.57. The summed E-state index contributed by atoms with van der Waals surface area (Å²) >= 11 is 0. The number of benzene rings is 1. The van der Waals surface area contributed by atoms with Crippen molar-refractivity contribution in [2.24, 2.45) is 0 Å². The lowest BCUT2D eigenvalue weighted by atomic mass is 9.96. The van der Waals surface area contributed by atoms with Crippen LogP contribution in [0.3, 0.4) is 0 Å². The van der Waals surface area contributed by atoms with E-state index in [1.165, 1.54) is 12.1 Å². The maximum atomic E-state index is 11.2. The van der Waals surface area contributed by atoms with Crippen LogP contribution in [-0.4, -0.2) is 21.9 Å². The zero-order valence-electron chi connectivity index (χ0n) is 10.6. The monoisotopic (exact) mass is 262 g/mol. The van der Waals surface area contributed by atoms with Crippen molar-refractivity contribution in [3.8, 4) is 11.5 Å². The molecule has 3 rings (SSSR count). The minimum Gasteiger partial charge on any atom is -0.507 e. The van der Waals surface area contributed by atoms with Crippen LogP contribution < -0.4 is 10.4 Å². The second-order valence-electron chi connectivity index (χ2n) is 5.33. The van der Waals surface area contributed by atoms with E-state index < -0.39 is 17.3 Å². The van der Waals surface area contributed by atoms with E-state index in [4.69, 9.17) is 9.15 Å². The van der Waals surface area contributed by atoms with Gasteiger partial charge in [0.1, 0.15) is 23.2 Å². The topological polar surface area (TPSA) is 79.9 Å². The highest BCUT2D eigenvalue weighted by Gasteiger charge is 2.37. The lowest BCUT2D eigenvalue weighted by molar-refractivity contribution is -0.0229. The van der Waals surface area contributed by atoms with Crippen molar-refractivity contribution in [3.63, 3.8) is 0 Å². The number of aliphatic hydroxyl groups is 1. The van der Waals surface area contributed by atoms with E-state index in [-0.39, 0.29) is 11.3 Å². The van der Waals surface area contributed by atoms with E-state index in [0.29, 0.717) is 23.1 Å². The van der Waals surface area contributed by atoms with Crippen LogP contribution in [-0.2, 0) is 6.42 Å². The van der Waals surface area contributed by atoms with Gasteiger partial charge in [-0.25, -0.2) is 4.79 Å². The number of hydrogen-bond donors (Lipinski definition) is 2. The van der Waals surface area contributed by atoms with Gasteiger partial charge >= 0.3 is 5.63 Å². The summed E-state index contributed by atoms with van der Waals surface area (Å²) in [5.41, 5.74) is -0.587. The molecule has 2 heterocycles. The predicted molar refractivity (Wildman–Crippen MR) is 68.6 cm³/mol. The molecule has 100 valence electrons. The Kier molecular flexibility index (Phi) is 2.37. The number of phenolic OH excluding ortho intramolecular Hbond substituents is 1. The van der Waals surface area contributed by atoms with Crippen LogP contribution in [0.25, 0.3) is 11.0 Å². The first-order valence-corrected chi connectivity index (χ1v) is 6.04. The van der Waals surface area contributed by atoms with Gasteiger partial charge in [0.05, 0.1) is 11.0 Å². The Labute approximate surface area is 109 Å². The first-order valence-electron chi connectivity index (χ1n) is 6.04. The molecule has 1 atom stereocenters. The standard InChI is InChI=1S/C14H14O5/c1-14(2,17)11-5-8-10(18-11)6-9-7(13(8)16)3-4-12(15)19-9/h3-4,6,11,16-17H,5H2,1-2H3. The third-order valence-corrected chi connectivity index (χ3v) is 3.41. The van der Waals surface area contributed by atoms with Crippen LogP contribution in [0.4, 0.5) is 0 Å². The number of rotatable bonds is 1. The van der Waals surface area contributed by atoms with Crippen molar-refractivity contribution in [1.29, 1.82) is 0 Å². The zero-order valence-corrected chi connectivity index (χ0v) is 10.6. The first-order chi connectivity index (χ1) is 8.86. The molecule has 19 heavy (non-hydrogen) atoms. The van der Waals surface area contributed by atoms with Crippen molar-refractivity contribution in [3.05, 3.63) is 34.2 Å². The van der Waals surface area contributed by atoms with Crippen molar-refractivity contribution < 1.29 is 19.4 Å². The zero-order chi connectivity index (χ0) is 13.8. The molecule has 0 bridgehead atoms. The molecule has 2 aromatic rings. The van der Waals surface area contributed by atoms with Crippen LogP contribution in [0.5, 0.6) is 11.5 Å². The summed E-state index contributed by atoms with van der Waals surface area (Å²) in [6, 6.07) is 4.36. The fourth-order valence-corrected chi connectivity index (χ4v) is 2.30. The smallest absolute Gasteiger partial charge is 0.336 e. The molecule has 0 fully saturated rings. The summed E-state index contributed by atoms with van der Waals surface area (Å²) in [6.07, 6.45) is -0.0170. The molecule has 2 N–H and O–H groups in total. The van der Waals surface area contributed by atoms with Crippen LogP contribution in [0.1, 0.15) is 19.4 Å². The second kappa shape index (κ2) is 3.74. The number of hydrogen-bond acceptors (Lipinski definition) is 5. The van der Waals surface area contributed by atoms with Crippen LogP contribution in [0, 0.1) is 0 Å². The van der Waals surface area contributed by atoms with Gasteiger partial charge in [-0.1, -0.05) is 0 Å². The maximum absolute atomic E-state index is 11.2. The van der Waals surface area contributed by atoms with Gasteiger partial charge in [0.2, 0.25) is 0 Å². The summed E-state index contributed by atoms with van der Waals surface area (Å²) < 4.78 is 10.7. The van der Waals surface area contributed by atoms with Gasteiger partial charge in [-0.05, 0) is 19.9 Å². The molecule has 0 spiro atoms. The average Bonchev–Trinajstić information content (AvgIpc) is 2.72. The Bertz CT molecular complexity index is 708. The van der Waals surface area contributed by atoms with Gasteiger partial charge in [0.15, 0.2) is 0 Å². The molecule has 5 nitrogen and oxygen atoms in total. The van der Waals surface area contributed by atoms with E-state index in [9.17, 15) is 15.0 Å². The summed E-state index contributed by atoms with van der Waals surface area (Å²) in [7, 11) is 0. The number of aromatic hydroxyl groups is 1. The minimum absolute atomic E-state index is 0.0444. The highest BCUT2D eigenvalue weighted by Crippen LogP contribution is 2.42. The van der Waals surface area contributed by atoms with E-state index in [0.717, 1.165) is 0 Å². The lowest BCUT2D eigenvalue weighted by Crippen LogP contribution is -2.39. The van der Waals surface area contributed by atoms with E-state index >= 15 is 0 Å². The van der Waals surface area contributed by atoms with Gasteiger partial charge in [-0.15, -0.1) is 0 Å². The number of ether oxygens (including phenoxy) is 1. The van der Waals surface area contributed by atoms with Gasteiger partial charge in [0.25, 0.3) is 0 Å². The number of phenols is 1. The molecule has 0 saturated carbocycles. The summed E-state index contributed by atoms with van der Waals surface area (Å²) in [5.74, 6) is 0.495. The fourth-order valence-electron chi connectivity index (χ4n) is 2.30. The minimum atomic E-state index is -1.02. The van der Waals surface area contributed by atoms with Crippen LogP contribution in [0.2, 0.25) is 0 Å². The Hall–Kier alpha value is -2.01. The molecule has 0 aliphatic carbocycles. The molecule has 1 aliphatic rings. The second-order valence-corrected chi connectivity index (χ2v) is 5.33. The van der Waals surface area contributed by atoms with Crippen molar-refractivity contribution in [1.82, 2.24) is 0 Å². The van der Waals surface area contributed by atoms with Gasteiger partial charge in [0, 0.05) is 24.1 Å². The molecule has 1 aromatic carbocycles. The normalized spacial score (nSPS) is 18.4. The van der Waals surface area contributed by atoms with Gasteiger partial charge in [-0.2, -0.15) is 0 Å². The van der Waals surface area contributed by atoms with E-state index in [1.54, 1.807) is 19.9 Å². The molecule has 0 saturated heterocycles. The van der Waals surface area contributed by atoms with E-state index in [1.807, 2.05) is 0 Å². The molecule has 0 amide bonds. The Morgan fingerprint density at radius 1 is 1.37 bits per heavy atom. The maximum Gasteiger partial charge on any atom is 0.336 e. The van der Waals surface area contributed by atoms with Crippen LogP contribution in [0.15, 0.2) is 27.4 Å². The Balaban J connectivity index is 2.18. The average molecular weight is 262 g/mol. The van der Waals surface area contributed by atoms with Crippen LogP contribution >= 0.6 is 0 Å². The Morgan fingerprint density at radius 2 is 2.11 bits per heavy atom. The molecular formula is C14H14O5. The molecule has 5 heteroatoms. The highest BCUT2D eigenvalue weighted by molar-refractivity contribution is 5.87. The van der Waals surface area contributed by atoms with Crippen molar-refractivity contribution >= 4 is 11.0 Å². The largest absolute Gasteiger partial charge is 0.507 e. The molecule has 1 aromatic heterocycles. The summed E-state index contributed by atoms with van der Waals surface area (Å²) in [6.45, 7) is 3.31. The number of fused-ring (bicyclic) bond motifs is 2.